The first-order valence-electron chi connectivity index (χ1n) is 5.84. The summed E-state index contributed by atoms with van der Waals surface area (Å²) in [5.41, 5.74) is 0.0983. The number of sulfone groups is 1. The lowest BCUT2D eigenvalue weighted by molar-refractivity contribution is -0.384. The topological polar surface area (TPSA) is 98.5 Å². The molecule has 0 aliphatic heterocycles. The van der Waals surface area contributed by atoms with E-state index in [0.717, 1.165) is 6.26 Å². The van der Waals surface area contributed by atoms with Gasteiger partial charge in [0.25, 0.3) is 5.69 Å². The first kappa shape index (κ1) is 16.2. The lowest BCUT2D eigenvalue weighted by Crippen LogP contribution is -2.38. The monoisotopic (exact) mass is 302 g/mol. The Labute approximate surface area is 118 Å². The molecule has 112 valence electrons. The summed E-state index contributed by atoms with van der Waals surface area (Å²) in [5, 5.41) is 13.8. The van der Waals surface area contributed by atoms with Crippen molar-refractivity contribution in [2.75, 3.05) is 25.2 Å². The molecule has 1 aromatic rings. The van der Waals surface area contributed by atoms with Gasteiger partial charge in [0.15, 0.2) is 9.84 Å². The van der Waals surface area contributed by atoms with Crippen LogP contribution in [-0.4, -0.2) is 38.0 Å². The van der Waals surface area contributed by atoms with Gasteiger partial charge in [-0.2, -0.15) is 0 Å². The van der Waals surface area contributed by atoms with Gasteiger partial charge in [-0.15, -0.1) is 0 Å². The zero-order valence-corrected chi connectivity index (χ0v) is 12.7. The van der Waals surface area contributed by atoms with Gasteiger partial charge in [0.05, 0.1) is 22.8 Å². The zero-order chi connectivity index (χ0) is 15.6. The Morgan fingerprint density at radius 1 is 1.40 bits per heavy atom. The van der Waals surface area contributed by atoms with E-state index in [4.69, 9.17) is 4.74 Å². The maximum atomic E-state index is 11.6. The van der Waals surface area contributed by atoms with Crippen LogP contribution in [0.3, 0.4) is 0 Å². The molecular formula is C12H18N2O5S. The predicted octanol–water partition coefficient (Wildman–Crippen LogP) is 1.84. The first-order chi connectivity index (χ1) is 9.08. The Morgan fingerprint density at radius 3 is 2.45 bits per heavy atom. The highest BCUT2D eigenvalue weighted by Crippen LogP contribution is 2.29. The van der Waals surface area contributed by atoms with E-state index in [-0.39, 0.29) is 17.9 Å². The average molecular weight is 302 g/mol. The highest BCUT2D eigenvalue weighted by atomic mass is 32.2. The fraction of sp³-hybridized carbons (Fsp3) is 0.500. The van der Waals surface area contributed by atoms with E-state index in [2.05, 4.69) is 5.32 Å². The third kappa shape index (κ3) is 3.60. The molecule has 0 aliphatic rings. The predicted molar refractivity (Wildman–Crippen MR) is 77.1 cm³/mol. The fourth-order valence-corrected chi connectivity index (χ4v) is 1.71. The Morgan fingerprint density at radius 2 is 2.00 bits per heavy atom. The maximum absolute atomic E-state index is 11.6. The molecule has 1 rings (SSSR count). The van der Waals surface area contributed by atoms with Crippen molar-refractivity contribution in [2.45, 2.75) is 18.6 Å². The molecule has 1 aromatic carbocycles. The summed E-state index contributed by atoms with van der Waals surface area (Å²) in [4.78, 5) is 10.5. The third-order valence-corrected chi connectivity index (χ3v) is 5.26. The number of ether oxygens (including phenoxy) is 1. The molecule has 0 saturated carbocycles. The van der Waals surface area contributed by atoms with E-state index in [1.54, 1.807) is 19.9 Å². The summed E-state index contributed by atoms with van der Waals surface area (Å²) in [5.74, 6) is 0.365. The normalized spacial score (nSPS) is 12.0. The summed E-state index contributed by atoms with van der Waals surface area (Å²) in [6.45, 7) is 3.19. The number of benzene rings is 1. The second-order valence-corrected chi connectivity index (χ2v) is 7.68. The second-order valence-electron chi connectivity index (χ2n) is 5.03. The molecule has 20 heavy (non-hydrogen) atoms. The minimum atomic E-state index is -3.28. The summed E-state index contributed by atoms with van der Waals surface area (Å²) in [6.07, 6.45) is 1.14. The number of nitro groups is 1. The van der Waals surface area contributed by atoms with Crippen molar-refractivity contribution in [3.8, 4) is 5.75 Å². The number of nitrogens with zero attached hydrogens (tertiary/aromatic N) is 1. The van der Waals surface area contributed by atoms with Crippen LogP contribution in [0.25, 0.3) is 0 Å². The molecule has 8 heteroatoms. The van der Waals surface area contributed by atoms with Crippen LogP contribution in [0.5, 0.6) is 5.75 Å². The van der Waals surface area contributed by atoms with E-state index in [1.165, 1.54) is 19.2 Å². The molecule has 0 unspecified atom stereocenters. The Balaban J connectivity index is 3.02. The summed E-state index contributed by atoms with van der Waals surface area (Å²) >= 11 is 0. The molecule has 0 aliphatic carbocycles. The van der Waals surface area contributed by atoms with Crippen molar-refractivity contribution in [3.63, 3.8) is 0 Å². The van der Waals surface area contributed by atoms with Crippen molar-refractivity contribution in [1.29, 1.82) is 0 Å². The average Bonchev–Trinajstić information content (AvgIpc) is 2.34. The molecule has 0 heterocycles. The van der Waals surface area contributed by atoms with E-state index >= 15 is 0 Å². The van der Waals surface area contributed by atoms with Crippen molar-refractivity contribution in [3.05, 3.63) is 28.3 Å². The SMILES string of the molecule is COc1ccc(NCC(C)(C)S(C)(=O)=O)c([N+](=O)[O-])c1. The number of methoxy groups -OCH3 is 1. The summed E-state index contributed by atoms with van der Waals surface area (Å²) in [6, 6.07) is 4.36. The van der Waals surface area contributed by atoms with Crippen molar-refractivity contribution < 1.29 is 18.1 Å². The third-order valence-electron chi connectivity index (χ3n) is 3.11. The van der Waals surface area contributed by atoms with E-state index in [1.807, 2.05) is 0 Å². The molecule has 0 spiro atoms. The van der Waals surface area contributed by atoms with Gasteiger partial charge >= 0.3 is 0 Å². The van der Waals surface area contributed by atoms with Gasteiger partial charge in [0, 0.05) is 12.8 Å². The van der Waals surface area contributed by atoms with Gasteiger partial charge in [-0.05, 0) is 26.0 Å². The van der Waals surface area contributed by atoms with Gasteiger partial charge in [0.2, 0.25) is 0 Å². The van der Waals surface area contributed by atoms with Crippen molar-refractivity contribution in [2.24, 2.45) is 0 Å². The molecule has 7 nitrogen and oxygen atoms in total. The van der Waals surface area contributed by atoms with Crippen molar-refractivity contribution in [1.82, 2.24) is 0 Å². The summed E-state index contributed by atoms with van der Waals surface area (Å²) in [7, 11) is -1.86. The standard InChI is InChI=1S/C12H18N2O5S/c1-12(2,20(4,17)18)8-13-10-6-5-9(19-3)7-11(10)14(15)16/h5-7,13H,8H2,1-4H3. The molecule has 0 radical (unpaired) electrons. The highest BCUT2D eigenvalue weighted by Gasteiger charge is 2.30. The van der Waals surface area contributed by atoms with Crippen LogP contribution in [0.4, 0.5) is 11.4 Å². The number of hydrogen-bond acceptors (Lipinski definition) is 6. The Kier molecular flexibility index (Phi) is 4.59. The number of rotatable bonds is 6. The van der Waals surface area contributed by atoms with Crippen LogP contribution in [-0.2, 0) is 9.84 Å². The van der Waals surface area contributed by atoms with Crippen LogP contribution in [0.15, 0.2) is 18.2 Å². The van der Waals surface area contributed by atoms with E-state index in [9.17, 15) is 18.5 Å². The number of nitro benzene ring substituents is 1. The Hall–Kier alpha value is -1.83. The van der Waals surface area contributed by atoms with Crippen LogP contribution in [0, 0.1) is 10.1 Å². The highest BCUT2D eigenvalue weighted by molar-refractivity contribution is 7.92. The zero-order valence-electron chi connectivity index (χ0n) is 11.8. The van der Waals surface area contributed by atoms with Crippen molar-refractivity contribution >= 4 is 21.2 Å². The van der Waals surface area contributed by atoms with E-state index < -0.39 is 19.5 Å². The molecule has 0 saturated heterocycles. The maximum Gasteiger partial charge on any atom is 0.296 e. The van der Waals surface area contributed by atoms with Crippen LogP contribution in [0.1, 0.15) is 13.8 Å². The lowest BCUT2D eigenvalue weighted by Gasteiger charge is -2.23. The molecular weight excluding hydrogens is 284 g/mol. The second kappa shape index (κ2) is 5.66. The first-order valence-corrected chi connectivity index (χ1v) is 7.73. The quantitative estimate of drug-likeness (QED) is 0.636. The van der Waals surface area contributed by atoms with Gasteiger partial charge in [-0.1, -0.05) is 0 Å². The molecule has 0 aromatic heterocycles. The minimum Gasteiger partial charge on any atom is -0.496 e. The molecule has 0 bridgehead atoms. The summed E-state index contributed by atoms with van der Waals surface area (Å²) < 4.78 is 27.1. The Bertz CT molecular complexity index is 610. The molecule has 0 atom stereocenters. The minimum absolute atomic E-state index is 0.0685. The van der Waals surface area contributed by atoms with Gasteiger partial charge in [0.1, 0.15) is 11.4 Å². The van der Waals surface area contributed by atoms with Gasteiger partial charge < -0.3 is 10.1 Å². The van der Waals surface area contributed by atoms with Gasteiger partial charge in [-0.3, -0.25) is 10.1 Å². The van der Waals surface area contributed by atoms with E-state index in [0.29, 0.717) is 5.75 Å². The lowest BCUT2D eigenvalue weighted by atomic mass is 10.2. The molecule has 0 fully saturated rings. The van der Waals surface area contributed by atoms with Gasteiger partial charge in [-0.25, -0.2) is 8.42 Å². The number of hydrogen-bond donors (Lipinski definition) is 1. The fourth-order valence-electron chi connectivity index (χ4n) is 1.38. The van der Waals surface area contributed by atoms with Crippen LogP contribution < -0.4 is 10.1 Å². The smallest absolute Gasteiger partial charge is 0.296 e. The largest absolute Gasteiger partial charge is 0.496 e. The number of nitrogens with one attached hydrogen (secondary N) is 1. The number of anilines is 1. The molecule has 0 amide bonds. The van der Waals surface area contributed by atoms with Crippen LogP contribution in [0.2, 0.25) is 0 Å². The molecule has 1 N–H and O–H groups in total. The van der Waals surface area contributed by atoms with Crippen LogP contribution >= 0.6 is 0 Å².